The predicted octanol–water partition coefficient (Wildman–Crippen LogP) is 5.35. The van der Waals surface area contributed by atoms with Gasteiger partial charge in [-0.15, -0.1) is 11.3 Å². The van der Waals surface area contributed by atoms with Gasteiger partial charge in [0.2, 0.25) is 5.82 Å². The molecule has 2 aromatic heterocycles. The van der Waals surface area contributed by atoms with Crippen LogP contribution in [0.1, 0.15) is 35.7 Å². The average Bonchev–Trinajstić information content (AvgIpc) is 3.57. The third kappa shape index (κ3) is 7.02. The van der Waals surface area contributed by atoms with Crippen LogP contribution in [0.15, 0.2) is 70.6 Å². The first-order chi connectivity index (χ1) is 17.5. The van der Waals surface area contributed by atoms with E-state index < -0.39 is 5.97 Å². The molecule has 9 heteroatoms. The van der Waals surface area contributed by atoms with Crippen LogP contribution in [0.2, 0.25) is 0 Å². The number of carbonyl (C=O) groups is 2. The van der Waals surface area contributed by atoms with E-state index in [9.17, 15) is 9.59 Å². The number of rotatable bonds is 12. The summed E-state index contributed by atoms with van der Waals surface area (Å²) in [6.07, 6.45) is 1.86. The van der Waals surface area contributed by atoms with E-state index >= 15 is 0 Å². The van der Waals surface area contributed by atoms with Gasteiger partial charge in [0, 0.05) is 29.9 Å². The Hall–Kier alpha value is -3.98. The monoisotopic (exact) mass is 504 g/mol. The van der Waals surface area contributed by atoms with Crippen LogP contribution in [0.5, 0.6) is 0 Å². The standard InChI is InChI=1S/C27H28N4O4S/c1-18(12-14-28-22-10-8-21(9-11-22)26(34)29-15-13-24(32)33)17-19-4-6-20(7-5-19)25-30-27(35-31-25)23-3-2-16-36-23/h2-11,16,18,28H,12-15,17H2,1H3,(H,29,34)(H,32,33). The van der Waals surface area contributed by atoms with Crippen molar-refractivity contribution in [1.29, 1.82) is 0 Å². The molecular formula is C27H28N4O4S. The van der Waals surface area contributed by atoms with Crippen LogP contribution < -0.4 is 10.6 Å². The second kappa shape index (κ2) is 12.1. The molecule has 2 aromatic carbocycles. The van der Waals surface area contributed by atoms with E-state index in [0.717, 1.165) is 35.5 Å². The van der Waals surface area contributed by atoms with Crippen LogP contribution in [-0.2, 0) is 11.2 Å². The Morgan fingerprint density at radius 2 is 1.83 bits per heavy atom. The number of benzene rings is 2. The third-order valence-electron chi connectivity index (χ3n) is 5.69. The number of anilines is 1. The molecule has 1 amide bonds. The molecule has 0 aliphatic heterocycles. The largest absolute Gasteiger partial charge is 0.481 e. The van der Waals surface area contributed by atoms with E-state index in [0.29, 0.717) is 23.2 Å². The molecule has 1 atom stereocenters. The highest BCUT2D eigenvalue weighted by Gasteiger charge is 2.12. The number of thiophene rings is 1. The van der Waals surface area contributed by atoms with Gasteiger partial charge in [0.05, 0.1) is 11.3 Å². The van der Waals surface area contributed by atoms with Crippen molar-refractivity contribution in [3.05, 3.63) is 77.2 Å². The number of nitrogens with one attached hydrogen (secondary N) is 2. The molecule has 0 saturated carbocycles. The van der Waals surface area contributed by atoms with Crippen LogP contribution in [0, 0.1) is 5.92 Å². The summed E-state index contributed by atoms with van der Waals surface area (Å²) in [6, 6.07) is 19.4. The van der Waals surface area contributed by atoms with Crippen molar-refractivity contribution < 1.29 is 19.2 Å². The number of carboxylic acids is 1. The Bertz CT molecular complexity index is 1270. The maximum atomic E-state index is 12.0. The fourth-order valence-corrected chi connectivity index (χ4v) is 4.37. The summed E-state index contributed by atoms with van der Waals surface area (Å²) < 4.78 is 5.38. The smallest absolute Gasteiger partial charge is 0.305 e. The van der Waals surface area contributed by atoms with Gasteiger partial charge in [0.1, 0.15) is 0 Å². The number of aromatic nitrogens is 2. The van der Waals surface area contributed by atoms with Gasteiger partial charge in [-0.1, -0.05) is 42.4 Å². The Morgan fingerprint density at radius 3 is 2.53 bits per heavy atom. The lowest BCUT2D eigenvalue weighted by molar-refractivity contribution is -0.136. The molecule has 0 radical (unpaired) electrons. The first kappa shape index (κ1) is 25.1. The van der Waals surface area contributed by atoms with Crippen molar-refractivity contribution in [2.75, 3.05) is 18.4 Å². The molecule has 0 spiro atoms. The number of aliphatic carboxylic acids is 1. The lowest BCUT2D eigenvalue weighted by Crippen LogP contribution is -2.25. The van der Waals surface area contributed by atoms with Crippen LogP contribution in [0.3, 0.4) is 0 Å². The number of amides is 1. The molecule has 8 nitrogen and oxygen atoms in total. The van der Waals surface area contributed by atoms with Crippen LogP contribution >= 0.6 is 11.3 Å². The summed E-state index contributed by atoms with van der Waals surface area (Å²) in [7, 11) is 0. The van der Waals surface area contributed by atoms with Crippen molar-refractivity contribution in [3.63, 3.8) is 0 Å². The van der Waals surface area contributed by atoms with Gasteiger partial charge in [-0.3, -0.25) is 9.59 Å². The number of carbonyl (C=O) groups excluding carboxylic acids is 1. The lowest BCUT2D eigenvalue weighted by Gasteiger charge is -2.13. The van der Waals surface area contributed by atoms with Crippen LogP contribution in [0.25, 0.3) is 22.2 Å². The van der Waals surface area contributed by atoms with Crippen LogP contribution in [0.4, 0.5) is 5.69 Å². The molecule has 36 heavy (non-hydrogen) atoms. The molecule has 186 valence electrons. The van der Waals surface area contributed by atoms with Gasteiger partial charge in [-0.2, -0.15) is 4.98 Å². The number of hydrogen-bond acceptors (Lipinski definition) is 7. The molecule has 0 fully saturated rings. The minimum absolute atomic E-state index is 0.0939. The summed E-state index contributed by atoms with van der Waals surface area (Å²) >= 11 is 1.57. The molecule has 0 aliphatic carbocycles. The predicted molar refractivity (Wildman–Crippen MR) is 140 cm³/mol. The fraction of sp³-hybridized carbons (Fsp3) is 0.259. The van der Waals surface area contributed by atoms with E-state index in [1.165, 1.54) is 5.56 Å². The molecule has 0 bridgehead atoms. The molecule has 0 aliphatic rings. The summed E-state index contributed by atoms with van der Waals surface area (Å²) in [5, 5.41) is 20.7. The van der Waals surface area contributed by atoms with E-state index in [1.807, 2.05) is 41.8 Å². The maximum Gasteiger partial charge on any atom is 0.305 e. The molecule has 0 saturated heterocycles. The average molecular weight is 505 g/mol. The zero-order chi connectivity index (χ0) is 25.3. The van der Waals surface area contributed by atoms with Gasteiger partial charge in [0.25, 0.3) is 11.8 Å². The van der Waals surface area contributed by atoms with Crippen molar-refractivity contribution >= 4 is 28.9 Å². The number of nitrogens with zero attached hydrogens (tertiary/aromatic N) is 2. The SMILES string of the molecule is CC(CCNc1ccc(C(=O)NCCC(=O)O)cc1)Cc1ccc(-c2noc(-c3cccs3)n2)cc1. The maximum absolute atomic E-state index is 12.0. The Balaban J connectivity index is 1.20. The van der Waals surface area contributed by atoms with Gasteiger partial charge in [-0.05, 0) is 60.0 Å². The van der Waals surface area contributed by atoms with Crippen molar-refractivity contribution in [2.24, 2.45) is 5.92 Å². The van der Waals surface area contributed by atoms with Gasteiger partial charge >= 0.3 is 5.97 Å². The Labute approximate surface area is 213 Å². The van der Waals surface area contributed by atoms with E-state index in [1.54, 1.807) is 23.5 Å². The van der Waals surface area contributed by atoms with Gasteiger partial charge in [0.15, 0.2) is 0 Å². The highest BCUT2D eigenvalue weighted by molar-refractivity contribution is 7.13. The van der Waals surface area contributed by atoms with Gasteiger partial charge in [-0.25, -0.2) is 0 Å². The number of hydrogen-bond donors (Lipinski definition) is 3. The normalized spacial score (nSPS) is 11.7. The van der Waals surface area contributed by atoms with E-state index in [-0.39, 0.29) is 18.9 Å². The third-order valence-corrected chi connectivity index (χ3v) is 6.55. The second-order valence-electron chi connectivity index (χ2n) is 8.60. The minimum atomic E-state index is -0.937. The summed E-state index contributed by atoms with van der Waals surface area (Å²) in [6.45, 7) is 3.16. The van der Waals surface area contributed by atoms with Crippen molar-refractivity contribution in [1.82, 2.24) is 15.5 Å². The Kier molecular flexibility index (Phi) is 8.46. The minimum Gasteiger partial charge on any atom is -0.481 e. The van der Waals surface area contributed by atoms with Crippen LogP contribution in [-0.4, -0.2) is 40.2 Å². The Morgan fingerprint density at radius 1 is 1.06 bits per heavy atom. The van der Waals surface area contributed by atoms with Gasteiger partial charge < -0.3 is 20.3 Å². The number of carboxylic acid groups (broad SMARTS) is 1. The molecule has 4 rings (SSSR count). The van der Waals surface area contributed by atoms with E-state index in [4.69, 9.17) is 9.63 Å². The highest BCUT2D eigenvalue weighted by Crippen LogP contribution is 2.26. The van der Waals surface area contributed by atoms with Crippen molar-refractivity contribution in [3.8, 4) is 22.2 Å². The highest BCUT2D eigenvalue weighted by atomic mass is 32.1. The topological polar surface area (TPSA) is 117 Å². The molecule has 3 N–H and O–H groups in total. The van der Waals surface area contributed by atoms with Crippen molar-refractivity contribution in [2.45, 2.75) is 26.2 Å². The second-order valence-corrected chi connectivity index (χ2v) is 9.55. The lowest BCUT2D eigenvalue weighted by atomic mass is 9.97. The summed E-state index contributed by atoms with van der Waals surface area (Å²) in [5.74, 6) is 0.404. The zero-order valence-electron chi connectivity index (χ0n) is 19.9. The summed E-state index contributed by atoms with van der Waals surface area (Å²) in [4.78, 5) is 28.0. The quantitative estimate of drug-likeness (QED) is 0.238. The molecule has 2 heterocycles. The fourth-order valence-electron chi connectivity index (χ4n) is 3.72. The van der Waals surface area contributed by atoms with E-state index in [2.05, 4.69) is 39.8 Å². The molecular weight excluding hydrogens is 476 g/mol. The summed E-state index contributed by atoms with van der Waals surface area (Å²) in [5.41, 5.74) is 3.63. The molecule has 1 unspecified atom stereocenters. The zero-order valence-corrected chi connectivity index (χ0v) is 20.8. The first-order valence-corrected chi connectivity index (χ1v) is 12.7. The molecule has 4 aromatic rings. The first-order valence-electron chi connectivity index (χ1n) is 11.8.